The summed E-state index contributed by atoms with van der Waals surface area (Å²) >= 11 is 0. The third-order valence-electron chi connectivity index (χ3n) is 3.09. The van der Waals surface area contributed by atoms with Crippen molar-refractivity contribution in [2.75, 3.05) is 26.2 Å². The predicted octanol–water partition coefficient (Wildman–Crippen LogP) is 0.608. The number of hydrogen-bond donors (Lipinski definition) is 1. The Labute approximate surface area is 79.5 Å². The van der Waals surface area contributed by atoms with E-state index in [1.54, 1.807) is 0 Å². The van der Waals surface area contributed by atoms with Crippen LogP contribution in [0.3, 0.4) is 0 Å². The van der Waals surface area contributed by atoms with Gasteiger partial charge in [0.2, 0.25) is 5.91 Å². The summed E-state index contributed by atoms with van der Waals surface area (Å²) < 4.78 is 0. The molecule has 2 heterocycles. The van der Waals surface area contributed by atoms with Gasteiger partial charge in [0.05, 0.1) is 0 Å². The molecular weight excluding hydrogens is 164 g/mol. The van der Waals surface area contributed by atoms with Gasteiger partial charge in [-0.25, -0.2) is 0 Å². The topological polar surface area (TPSA) is 32.3 Å². The van der Waals surface area contributed by atoms with Gasteiger partial charge in [0.1, 0.15) is 0 Å². The third-order valence-corrected chi connectivity index (χ3v) is 3.09. The molecule has 2 aliphatic heterocycles. The molecule has 1 amide bonds. The molecule has 1 atom stereocenters. The average Bonchev–Trinajstić information content (AvgIpc) is 2.27. The normalized spacial score (nSPS) is 29.2. The minimum Gasteiger partial charge on any atom is -0.342 e. The molecule has 3 heteroatoms. The molecule has 13 heavy (non-hydrogen) atoms. The summed E-state index contributed by atoms with van der Waals surface area (Å²) in [6.07, 6.45) is 4.48. The summed E-state index contributed by atoms with van der Waals surface area (Å²) in [5, 5.41) is 3.34. The molecule has 2 saturated heterocycles. The van der Waals surface area contributed by atoms with Crippen molar-refractivity contribution in [1.82, 2.24) is 10.2 Å². The Morgan fingerprint density at radius 1 is 1.15 bits per heavy atom. The SMILES string of the molecule is O=C(C1CCCNCC1)N1CCC1. The van der Waals surface area contributed by atoms with Crippen LogP contribution in [0.25, 0.3) is 0 Å². The van der Waals surface area contributed by atoms with E-state index in [0.29, 0.717) is 11.8 Å². The molecule has 1 unspecified atom stereocenters. The maximum atomic E-state index is 11.8. The van der Waals surface area contributed by atoms with Gasteiger partial charge in [-0.15, -0.1) is 0 Å². The van der Waals surface area contributed by atoms with Gasteiger partial charge in [0, 0.05) is 19.0 Å². The minimum absolute atomic E-state index is 0.315. The maximum absolute atomic E-state index is 11.8. The molecule has 2 rings (SSSR count). The second kappa shape index (κ2) is 4.09. The summed E-state index contributed by atoms with van der Waals surface area (Å²) in [6, 6.07) is 0. The molecular formula is C10H18N2O. The highest BCUT2D eigenvalue weighted by atomic mass is 16.2. The lowest BCUT2D eigenvalue weighted by Crippen LogP contribution is -2.45. The van der Waals surface area contributed by atoms with E-state index < -0.39 is 0 Å². The van der Waals surface area contributed by atoms with Crippen LogP contribution in [0.4, 0.5) is 0 Å². The van der Waals surface area contributed by atoms with Crippen molar-refractivity contribution in [3.63, 3.8) is 0 Å². The van der Waals surface area contributed by atoms with E-state index in [0.717, 1.165) is 45.4 Å². The van der Waals surface area contributed by atoms with Crippen LogP contribution in [0, 0.1) is 5.92 Å². The summed E-state index contributed by atoms with van der Waals surface area (Å²) in [5.41, 5.74) is 0. The van der Waals surface area contributed by atoms with Gasteiger partial charge >= 0.3 is 0 Å². The van der Waals surface area contributed by atoms with Crippen molar-refractivity contribution in [2.45, 2.75) is 25.7 Å². The van der Waals surface area contributed by atoms with Gasteiger partial charge in [-0.2, -0.15) is 0 Å². The van der Waals surface area contributed by atoms with Crippen molar-refractivity contribution >= 4 is 5.91 Å². The van der Waals surface area contributed by atoms with Gasteiger partial charge in [0.25, 0.3) is 0 Å². The number of rotatable bonds is 1. The second-order valence-corrected chi connectivity index (χ2v) is 4.06. The van der Waals surface area contributed by atoms with Crippen molar-refractivity contribution in [1.29, 1.82) is 0 Å². The first kappa shape index (κ1) is 9.00. The Morgan fingerprint density at radius 3 is 2.69 bits per heavy atom. The van der Waals surface area contributed by atoms with Gasteiger partial charge < -0.3 is 10.2 Å². The van der Waals surface area contributed by atoms with Crippen LogP contribution in [0.5, 0.6) is 0 Å². The van der Waals surface area contributed by atoms with E-state index >= 15 is 0 Å². The Kier molecular flexibility index (Phi) is 2.83. The monoisotopic (exact) mass is 182 g/mol. The number of nitrogens with one attached hydrogen (secondary N) is 1. The number of carbonyl (C=O) groups is 1. The molecule has 1 N–H and O–H groups in total. The zero-order valence-corrected chi connectivity index (χ0v) is 8.09. The van der Waals surface area contributed by atoms with E-state index in [1.807, 2.05) is 4.90 Å². The van der Waals surface area contributed by atoms with Crippen LogP contribution in [0.15, 0.2) is 0 Å². The maximum Gasteiger partial charge on any atom is 0.225 e. The lowest BCUT2D eigenvalue weighted by molar-refractivity contribution is -0.139. The zero-order chi connectivity index (χ0) is 9.10. The van der Waals surface area contributed by atoms with Gasteiger partial charge in [-0.05, 0) is 38.8 Å². The first-order valence-corrected chi connectivity index (χ1v) is 5.37. The van der Waals surface area contributed by atoms with Crippen LogP contribution < -0.4 is 5.32 Å². The molecule has 0 aliphatic carbocycles. The first-order valence-electron chi connectivity index (χ1n) is 5.37. The largest absolute Gasteiger partial charge is 0.342 e. The van der Waals surface area contributed by atoms with Crippen molar-refractivity contribution in [3.8, 4) is 0 Å². The van der Waals surface area contributed by atoms with Crippen molar-refractivity contribution in [3.05, 3.63) is 0 Å². The molecule has 0 spiro atoms. The van der Waals surface area contributed by atoms with Crippen molar-refractivity contribution < 1.29 is 4.79 Å². The lowest BCUT2D eigenvalue weighted by atomic mass is 9.97. The van der Waals surface area contributed by atoms with Crippen LogP contribution in [-0.4, -0.2) is 37.0 Å². The summed E-state index contributed by atoms with van der Waals surface area (Å²) in [7, 11) is 0. The number of amides is 1. The van der Waals surface area contributed by atoms with E-state index in [1.165, 1.54) is 6.42 Å². The molecule has 74 valence electrons. The number of hydrogen-bond acceptors (Lipinski definition) is 2. The molecule has 0 aromatic rings. The fourth-order valence-corrected chi connectivity index (χ4v) is 2.06. The summed E-state index contributed by atoms with van der Waals surface area (Å²) in [6.45, 7) is 4.11. The summed E-state index contributed by atoms with van der Waals surface area (Å²) in [5.74, 6) is 0.727. The first-order chi connectivity index (χ1) is 6.38. The van der Waals surface area contributed by atoms with Gasteiger partial charge in [-0.1, -0.05) is 0 Å². The molecule has 2 aliphatic rings. The third kappa shape index (κ3) is 2.02. The van der Waals surface area contributed by atoms with Crippen LogP contribution >= 0.6 is 0 Å². The molecule has 0 aromatic heterocycles. The number of likely N-dealkylation sites (tertiary alicyclic amines) is 1. The van der Waals surface area contributed by atoms with E-state index in [2.05, 4.69) is 5.32 Å². The standard InChI is InChI=1S/C10H18N2O/c13-10(12-7-2-8-12)9-3-1-5-11-6-4-9/h9,11H,1-8H2. The Hall–Kier alpha value is -0.570. The second-order valence-electron chi connectivity index (χ2n) is 4.06. The fourth-order valence-electron chi connectivity index (χ4n) is 2.06. The number of carbonyl (C=O) groups excluding carboxylic acids is 1. The van der Waals surface area contributed by atoms with E-state index in [-0.39, 0.29) is 0 Å². The highest BCUT2D eigenvalue weighted by Gasteiger charge is 2.27. The zero-order valence-electron chi connectivity index (χ0n) is 8.09. The highest BCUT2D eigenvalue weighted by Crippen LogP contribution is 2.19. The summed E-state index contributed by atoms with van der Waals surface area (Å²) in [4.78, 5) is 13.8. The van der Waals surface area contributed by atoms with Crippen molar-refractivity contribution in [2.24, 2.45) is 5.92 Å². The molecule has 2 fully saturated rings. The lowest BCUT2D eigenvalue weighted by Gasteiger charge is -2.33. The molecule has 3 nitrogen and oxygen atoms in total. The van der Waals surface area contributed by atoms with E-state index in [9.17, 15) is 4.79 Å². The quantitative estimate of drug-likeness (QED) is 0.644. The molecule has 0 radical (unpaired) electrons. The Bertz CT molecular complexity index is 181. The molecule has 0 aromatic carbocycles. The van der Waals surface area contributed by atoms with Gasteiger partial charge in [-0.3, -0.25) is 4.79 Å². The fraction of sp³-hybridized carbons (Fsp3) is 0.900. The van der Waals surface area contributed by atoms with Crippen LogP contribution in [0.2, 0.25) is 0 Å². The Balaban J connectivity index is 1.85. The number of nitrogens with zero attached hydrogens (tertiary/aromatic N) is 1. The highest BCUT2D eigenvalue weighted by molar-refractivity contribution is 5.79. The minimum atomic E-state index is 0.315. The smallest absolute Gasteiger partial charge is 0.225 e. The van der Waals surface area contributed by atoms with Gasteiger partial charge in [0.15, 0.2) is 0 Å². The van der Waals surface area contributed by atoms with E-state index in [4.69, 9.17) is 0 Å². The molecule has 0 saturated carbocycles. The van der Waals surface area contributed by atoms with Crippen LogP contribution in [0.1, 0.15) is 25.7 Å². The average molecular weight is 182 g/mol. The predicted molar refractivity (Wildman–Crippen MR) is 51.4 cm³/mol. The molecule has 0 bridgehead atoms. The van der Waals surface area contributed by atoms with Crippen LogP contribution in [-0.2, 0) is 4.79 Å². The Morgan fingerprint density at radius 2 is 2.00 bits per heavy atom.